The fourth-order valence-corrected chi connectivity index (χ4v) is 2.40. The second kappa shape index (κ2) is 6.43. The van der Waals surface area contributed by atoms with Crippen LogP contribution in [0.1, 0.15) is 37.4 Å². The number of aliphatic hydroxyl groups is 1. The Morgan fingerprint density at radius 3 is 2.67 bits per heavy atom. The van der Waals surface area contributed by atoms with Gasteiger partial charge in [-0.25, -0.2) is 0 Å². The van der Waals surface area contributed by atoms with Crippen molar-refractivity contribution in [2.45, 2.75) is 44.0 Å². The Hall–Kier alpha value is -1.63. The molecule has 0 aliphatic heterocycles. The van der Waals surface area contributed by atoms with Crippen LogP contribution in [0, 0.1) is 5.92 Å². The van der Waals surface area contributed by atoms with Crippen LogP contribution in [0.2, 0.25) is 0 Å². The molecule has 1 amide bonds. The Morgan fingerprint density at radius 2 is 2.14 bits per heavy atom. The molecule has 0 radical (unpaired) electrons. The number of aromatic nitrogens is 1. The normalized spacial score (nSPS) is 23.2. The summed E-state index contributed by atoms with van der Waals surface area (Å²) >= 11 is 0. The quantitative estimate of drug-likeness (QED) is 0.877. The molecule has 1 saturated carbocycles. The number of carbonyl (C=O) groups is 1. The Morgan fingerprint density at radius 1 is 1.43 bits per heavy atom. The van der Waals surface area contributed by atoms with Crippen molar-refractivity contribution in [2.75, 3.05) is 0 Å². The molecule has 0 aromatic carbocycles. The molecule has 1 unspecified atom stereocenters. The second-order valence-corrected chi connectivity index (χ2v) is 5.30. The molecule has 1 heterocycles. The Kier molecular flexibility index (Phi) is 4.82. The highest BCUT2D eigenvalue weighted by molar-refractivity contribution is 5.76. The molecule has 0 saturated heterocycles. The third-order valence-electron chi connectivity index (χ3n) is 3.58. The van der Waals surface area contributed by atoms with Gasteiger partial charge in [-0.3, -0.25) is 9.78 Å². The smallest absolute Gasteiger partial charge is 0.389 e. The van der Waals surface area contributed by atoms with E-state index >= 15 is 0 Å². The molecular weight excluding hydrogens is 285 g/mol. The third-order valence-corrected chi connectivity index (χ3v) is 3.58. The molecular formula is C14H17F3N2O2. The summed E-state index contributed by atoms with van der Waals surface area (Å²) in [7, 11) is 0. The van der Waals surface area contributed by atoms with E-state index in [1.807, 2.05) is 0 Å². The number of hydrogen-bond acceptors (Lipinski definition) is 3. The molecule has 1 aromatic heterocycles. The van der Waals surface area contributed by atoms with Crippen molar-refractivity contribution >= 4 is 5.91 Å². The zero-order valence-corrected chi connectivity index (χ0v) is 11.3. The van der Waals surface area contributed by atoms with Gasteiger partial charge in [0, 0.05) is 12.6 Å². The average molecular weight is 302 g/mol. The van der Waals surface area contributed by atoms with Crippen LogP contribution in [0.15, 0.2) is 24.4 Å². The second-order valence-electron chi connectivity index (χ2n) is 5.30. The van der Waals surface area contributed by atoms with E-state index in [0.717, 1.165) is 0 Å². The van der Waals surface area contributed by atoms with Crippen molar-refractivity contribution in [3.05, 3.63) is 30.1 Å². The Labute approximate surface area is 120 Å². The lowest BCUT2D eigenvalue weighted by molar-refractivity contribution is -0.144. The van der Waals surface area contributed by atoms with E-state index in [1.165, 1.54) is 0 Å². The van der Waals surface area contributed by atoms with Gasteiger partial charge in [-0.05, 0) is 30.9 Å². The molecule has 0 bridgehead atoms. The minimum atomic E-state index is -4.34. The molecule has 1 fully saturated rings. The van der Waals surface area contributed by atoms with Crippen LogP contribution in [0.25, 0.3) is 0 Å². The monoisotopic (exact) mass is 302 g/mol. The Balaban J connectivity index is 1.98. The number of alkyl halides is 3. The van der Waals surface area contributed by atoms with E-state index in [-0.39, 0.29) is 5.92 Å². The lowest BCUT2D eigenvalue weighted by Gasteiger charge is -2.37. The molecule has 2 N–H and O–H groups in total. The minimum absolute atomic E-state index is 0.00439. The summed E-state index contributed by atoms with van der Waals surface area (Å²) in [4.78, 5) is 15.8. The van der Waals surface area contributed by atoms with Gasteiger partial charge < -0.3 is 10.4 Å². The van der Waals surface area contributed by atoms with Crippen LogP contribution in [0.4, 0.5) is 13.2 Å². The molecule has 0 spiro atoms. The number of rotatable bonds is 5. The summed E-state index contributed by atoms with van der Waals surface area (Å²) in [6, 6.07) is 4.75. The molecule has 1 aliphatic rings. The average Bonchev–Trinajstić information content (AvgIpc) is 2.40. The first-order valence-electron chi connectivity index (χ1n) is 6.80. The number of aliphatic hydroxyl groups excluding tert-OH is 1. The summed E-state index contributed by atoms with van der Waals surface area (Å²) in [6.07, 6.45) is -3.89. The number of pyridine rings is 1. The van der Waals surface area contributed by atoms with Crippen molar-refractivity contribution in [2.24, 2.45) is 5.92 Å². The van der Waals surface area contributed by atoms with Crippen molar-refractivity contribution in [1.29, 1.82) is 0 Å². The zero-order chi connectivity index (χ0) is 15.5. The van der Waals surface area contributed by atoms with Gasteiger partial charge in [0.05, 0.1) is 24.3 Å². The first-order chi connectivity index (χ1) is 9.85. The first kappa shape index (κ1) is 15.8. The number of halogens is 3. The summed E-state index contributed by atoms with van der Waals surface area (Å²) < 4.78 is 36.4. The standard InChI is InChI=1S/C14H17F3N2O2/c15-14(16,17)5-4-12(21)19-13(9-7-10(20)8-9)11-3-1-2-6-18-11/h1-3,6,9-10,13,20H,4-5,7-8H2,(H,19,21). The third kappa shape index (κ3) is 4.70. The van der Waals surface area contributed by atoms with E-state index in [9.17, 15) is 23.1 Å². The SMILES string of the molecule is O=C(CCC(F)(F)F)NC(c1ccccn1)C1CC(O)C1. The lowest BCUT2D eigenvalue weighted by Crippen LogP contribution is -2.41. The topological polar surface area (TPSA) is 62.2 Å². The number of carbonyl (C=O) groups excluding carboxylic acids is 1. The van der Waals surface area contributed by atoms with Crippen molar-refractivity contribution < 1.29 is 23.1 Å². The maximum Gasteiger partial charge on any atom is 0.389 e. The molecule has 4 nitrogen and oxygen atoms in total. The highest BCUT2D eigenvalue weighted by atomic mass is 19.4. The van der Waals surface area contributed by atoms with E-state index < -0.39 is 37.1 Å². The van der Waals surface area contributed by atoms with E-state index in [1.54, 1.807) is 24.4 Å². The van der Waals surface area contributed by atoms with E-state index in [4.69, 9.17) is 0 Å². The minimum Gasteiger partial charge on any atom is -0.393 e. The molecule has 21 heavy (non-hydrogen) atoms. The maximum atomic E-state index is 12.1. The van der Waals surface area contributed by atoms with Crippen LogP contribution >= 0.6 is 0 Å². The zero-order valence-electron chi connectivity index (χ0n) is 11.3. The van der Waals surface area contributed by atoms with Crippen LogP contribution in [0.3, 0.4) is 0 Å². The molecule has 2 rings (SSSR count). The molecule has 1 aromatic rings. The number of amides is 1. The van der Waals surface area contributed by atoms with Gasteiger partial charge >= 0.3 is 6.18 Å². The molecule has 116 valence electrons. The van der Waals surface area contributed by atoms with E-state index in [2.05, 4.69) is 10.3 Å². The van der Waals surface area contributed by atoms with Crippen LogP contribution < -0.4 is 5.32 Å². The van der Waals surface area contributed by atoms with E-state index in [0.29, 0.717) is 18.5 Å². The predicted octanol–water partition coefficient (Wildman–Crippen LogP) is 2.35. The predicted molar refractivity (Wildman–Crippen MR) is 69.1 cm³/mol. The summed E-state index contributed by atoms with van der Waals surface area (Å²) in [6.45, 7) is 0. The van der Waals surface area contributed by atoms with Crippen molar-refractivity contribution in [1.82, 2.24) is 10.3 Å². The highest BCUT2D eigenvalue weighted by Crippen LogP contribution is 2.37. The summed E-state index contributed by atoms with van der Waals surface area (Å²) in [5.74, 6) is -0.644. The van der Waals surface area contributed by atoms with Gasteiger partial charge in [-0.1, -0.05) is 6.07 Å². The van der Waals surface area contributed by atoms with Crippen LogP contribution in [0.5, 0.6) is 0 Å². The van der Waals surface area contributed by atoms with Crippen LogP contribution in [-0.4, -0.2) is 28.3 Å². The largest absolute Gasteiger partial charge is 0.393 e. The molecule has 7 heteroatoms. The fourth-order valence-electron chi connectivity index (χ4n) is 2.40. The Bertz CT molecular complexity index is 473. The molecule has 1 aliphatic carbocycles. The summed E-state index contributed by atoms with van der Waals surface area (Å²) in [5, 5.41) is 12.0. The van der Waals surface area contributed by atoms with Gasteiger partial charge in [0.15, 0.2) is 0 Å². The maximum absolute atomic E-state index is 12.1. The fraction of sp³-hybridized carbons (Fsp3) is 0.571. The van der Waals surface area contributed by atoms with Crippen LogP contribution in [-0.2, 0) is 4.79 Å². The van der Waals surface area contributed by atoms with Crippen molar-refractivity contribution in [3.63, 3.8) is 0 Å². The van der Waals surface area contributed by atoms with Gasteiger partial charge in [-0.15, -0.1) is 0 Å². The lowest BCUT2D eigenvalue weighted by atomic mass is 9.76. The van der Waals surface area contributed by atoms with Gasteiger partial charge in [0.1, 0.15) is 0 Å². The highest BCUT2D eigenvalue weighted by Gasteiger charge is 2.36. The van der Waals surface area contributed by atoms with Gasteiger partial charge in [0.2, 0.25) is 5.91 Å². The summed E-state index contributed by atoms with van der Waals surface area (Å²) in [5.41, 5.74) is 0.606. The van der Waals surface area contributed by atoms with Gasteiger partial charge in [-0.2, -0.15) is 13.2 Å². The van der Waals surface area contributed by atoms with Gasteiger partial charge in [0.25, 0.3) is 0 Å². The van der Waals surface area contributed by atoms with Crippen molar-refractivity contribution in [3.8, 4) is 0 Å². The number of nitrogens with one attached hydrogen (secondary N) is 1. The number of nitrogens with zero attached hydrogens (tertiary/aromatic N) is 1. The molecule has 1 atom stereocenters. The number of hydrogen-bond donors (Lipinski definition) is 2. The first-order valence-corrected chi connectivity index (χ1v) is 6.80.